The van der Waals surface area contributed by atoms with Gasteiger partial charge in [0.05, 0.1) is 11.6 Å². The molecule has 74 valence electrons. The van der Waals surface area contributed by atoms with Gasteiger partial charge in [-0.1, -0.05) is 6.07 Å². The summed E-state index contributed by atoms with van der Waals surface area (Å²) in [7, 11) is 0. The second kappa shape index (κ2) is 3.63. The molecule has 0 atom stereocenters. The number of rotatable bonds is 2. The van der Waals surface area contributed by atoms with Crippen LogP contribution < -0.4 is 5.32 Å². The minimum atomic E-state index is -0.409. The van der Waals surface area contributed by atoms with E-state index in [1.165, 1.54) is 0 Å². The van der Waals surface area contributed by atoms with Gasteiger partial charge in [0, 0.05) is 18.5 Å². The number of nitriles is 1. The highest BCUT2D eigenvalue weighted by molar-refractivity contribution is 5.51. The third-order valence-corrected chi connectivity index (χ3v) is 2.76. The van der Waals surface area contributed by atoms with Gasteiger partial charge in [0.2, 0.25) is 0 Å². The van der Waals surface area contributed by atoms with Crippen molar-refractivity contribution in [3.05, 3.63) is 41.2 Å². The van der Waals surface area contributed by atoms with Gasteiger partial charge in [-0.25, -0.2) is 6.57 Å². The van der Waals surface area contributed by atoms with Crippen molar-refractivity contribution in [2.75, 3.05) is 5.32 Å². The van der Waals surface area contributed by atoms with E-state index in [-0.39, 0.29) is 0 Å². The molecule has 1 aromatic carbocycles. The Hall–Kier alpha value is -2.00. The fourth-order valence-electron chi connectivity index (χ4n) is 1.71. The molecule has 15 heavy (non-hydrogen) atoms. The third-order valence-electron chi connectivity index (χ3n) is 2.76. The molecular formula is C12H11N3. The Balaban J connectivity index is 2.18. The predicted octanol–water partition coefficient (Wildman–Crippen LogP) is 2.77. The average Bonchev–Trinajstić information content (AvgIpc) is 2.24. The van der Waals surface area contributed by atoms with E-state index < -0.39 is 5.66 Å². The molecule has 1 aliphatic rings. The van der Waals surface area contributed by atoms with Crippen LogP contribution in [-0.4, -0.2) is 5.66 Å². The summed E-state index contributed by atoms with van der Waals surface area (Å²) in [5, 5.41) is 12.0. The fraction of sp³-hybridized carbons (Fsp3) is 0.333. The molecule has 0 radical (unpaired) electrons. The molecule has 0 spiro atoms. The highest BCUT2D eigenvalue weighted by atomic mass is 15.1. The summed E-state index contributed by atoms with van der Waals surface area (Å²) in [5.74, 6) is 0. The van der Waals surface area contributed by atoms with E-state index in [0.717, 1.165) is 24.9 Å². The van der Waals surface area contributed by atoms with Gasteiger partial charge in [0.15, 0.2) is 0 Å². The first-order valence-electron chi connectivity index (χ1n) is 4.95. The normalized spacial score (nSPS) is 16.9. The Labute approximate surface area is 89.2 Å². The highest BCUT2D eigenvalue weighted by Crippen LogP contribution is 2.36. The van der Waals surface area contributed by atoms with Crippen LogP contribution in [0.25, 0.3) is 4.85 Å². The van der Waals surface area contributed by atoms with Crippen molar-refractivity contribution in [1.29, 1.82) is 5.26 Å². The number of hydrogen-bond donors (Lipinski definition) is 1. The molecule has 0 bridgehead atoms. The molecule has 0 saturated heterocycles. The van der Waals surface area contributed by atoms with E-state index in [0.29, 0.717) is 5.56 Å². The zero-order valence-corrected chi connectivity index (χ0v) is 8.33. The molecule has 2 rings (SSSR count). The Morgan fingerprint density at radius 3 is 2.80 bits per heavy atom. The van der Waals surface area contributed by atoms with Crippen molar-refractivity contribution in [3.8, 4) is 6.07 Å². The van der Waals surface area contributed by atoms with Crippen molar-refractivity contribution in [2.45, 2.75) is 24.9 Å². The van der Waals surface area contributed by atoms with Crippen LogP contribution in [0, 0.1) is 17.9 Å². The van der Waals surface area contributed by atoms with Gasteiger partial charge < -0.3 is 5.32 Å². The maximum atomic E-state index is 8.75. The monoisotopic (exact) mass is 197 g/mol. The van der Waals surface area contributed by atoms with Gasteiger partial charge in [0.1, 0.15) is 0 Å². The first kappa shape index (κ1) is 9.55. The first-order valence-corrected chi connectivity index (χ1v) is 4.95. The minimum Gasteiger partial charge on any atom is -0.314 e. The molecule has 1 fully saturated rings. The lowest BCUT2D eigenvalue weighted by molar-refractivity contribution is 0.343. The quantitative estimate of drug-likeness (QED) is 0.740. The lowest BCUT2D eigenvalue weighted by atomic mass is 9.85. The number of hydrogen-bond acceptors (Lipinski definition) is 2. The van der Waals surface area contributed by atoms with Gasteiger partial charge in [0.25, 0.3) is 0 Å². The predicted molar refractivity (Wildman–Crippen MR) is 58.0 cm³/mol. The molecule has 0 unspecified atom stereocenters. The Morgan fingerprint density at radius 2 is 2.27 bits per heavy atom. The first-order chi connectivity index (χ1) is 7.28. The second-order valence-electron chi connectivity index (χ2n) is 3.81. The zero-order valence-electron chi connectivity index (χ0n) is 8.33. The Bertz CT molecular complexity index is 447. The van der Waals surface area contributed by atoms with Crippen LogP contribution in [0.1, 0.15) is 24.8 Å². The van der Waals surface area contributed by atoms with Crippen LogP contribution in [0.15, 0.2) is 24.3 Å². The van der Waals surface area contributed by atoms with Crippen molar-refractivity contribution in [3.63, 3.8) is 0 Å². The number of nitrogens with one attached hydrogen (secondary N) is 1. The Morgan fingerprint density at radius 1 is 1.47 bits per heavy atom. The zero-order chi connectivity index (χ0) is 10.7. The van der Waals surface area contributed by atoms with Gasteiger partial charge >= 0.3 is 5.66 Å². The van der Waals surface area contributed by atoms with E-state index in [9.17, 15) is 0 Å². The highest BCUT2D eigenvalue weighted by Gasteiger charge is 2.43. The maximum absolute atomic E-state index is 8.75. The summed E-state index contributed by atoms with van der Waals surface area (Å²) in [6, 6.07) is 9.36. The van der Waals surface area contributed by atoms with E-state index in [1.807, 2.05) is 12.1 Å². The topological polar surface area (TPSA) is 40.2 Å². The van der Waals surface area contributed by atoms with Crippen LogP contribution in [0.5, 0.6) is 0 Å². The molecule has 0 amide bonds. The third kappa shape index (κ3) is 1.78. The molecule has 0 aliphatic heterocycles. The van der Waals surface area contributed by atoms with Crippen molar-refractivity contribution in [2.24, 2.45) is 0 Å². The van der Waals surface area contributed by atoms with Crippen molar-refractivity contribution >= 4 is 5.69 Å². The summed E-state index contributed by atoms with van der Waals surface area (Å²) in [4.78, 5) is 3.63. The Kier molecular flexibility index (Phi) is 2.31. The van der Waals surface area contributed by atoms with Gasteiger partial charge in [-0.2, -0.15) is 5.26 Å². The molecule has 0 heterocycles. The van der Waals surface area contributed by atoms with E-state index in [4.69, 9.17) is 11.8 Å². The molecule has 1 aliphatic carbocycles. The van der Waals surface area contributed by atoms with Gasteiger partial charge in [-0.05, 0) is 24.6 Å². The van der Waals surface area contributed by atoms with Crippen LogP contribution in [-0.2, 0) is 0 Å². The number of anilines is 1. The SMILES string of the molecule is [C-]#[N+]C1(Nc2cccc(C#N)c2)CCC1. The van der Waals surface area contributed by atoms with E-state index >= 15 is 0 Å². The van der Waals surface area contributed by atoms with E-state index in [1.54, 1.807) is 12.1 Å². The second-order valence-corrected chi connectivity index (χ2v) is 3.81. The van der Waals surface area contributed by atoms with Crippen LogP contribution in [0.3, 0.4) is 0 Å². The van der Waals surface area contributed by atoms with Crippen molar-refractivity contribution in [1.82, 2.24) is 0 Å². The molecule has 3 heteroatoms. The van der Waals surface area contributed by atoms with Crippen LogP contribution in [0.2, 0.25) is 0 Å². The number of nitrogens with zero attached hydrogens (tertiary/aromatic N) is 2. The fourth-order valence-corrected chi connectivity index (χ4v) is 1.71. The summed E-state index contributed by atoms with van der Waals surface area (Å²) in [5.41, 5.74) is 1.08. The van der Waals surface area contributed by atoms with Crippen molar-refractivity contribution < 1.29 is 0 Å². The van der Waals surface area contributed by atoms with Crippen LogP contribution >= 0.6 is 0 Å². The summed E-state index contributed by atoms with van der Waals surface area (Å²) < 4.78 is 0. The average molecular weight is 197 g/mol. The summed E-state index contributed by atoms with van der Waals surface area (Å²) in [6.45, 7) is 7.15. The standard InChI is InChI=1S/C12H11N3/c1-14-12(6-3-7-12)15-11-5-2-4-10(8-11)9-13/h2,4-5,8,15H,3,6-7H2. The lowest BCUT2D eigenvalue weighted by Gasteiger charge is -2.31. The maximum Gasteiger partial charge on any atom is 0.305 e. The lowest BCUT2D eigenvalue weighted by Crippen LogP contribution is -2.41. The molecule has 1 N–H and O–H groups in total. The molecule has 3 nitrogen and oxygen atoms in total. The minimum absolute atomic E-state index is 0.409. The largest absolute Gasteiger partial charge is 0.314 e. The van der Waals surface area contributed by atoms with Gasteiger partial charge in [-0.3, -0.25) is 4.85 Å². The smallest absolute Gasteiger partial charge is 0.305 e. The summed E-state index contributed by atoms with van der Waals surface area (Å²) in [6.07, 6.45) is 2.90. The molecule has 1 aromatic rings. The molecule has 0 aromatic heterocycles. The van der Waals surface area contributed by atoms with E-state index in [2.05, 4.69) is 16.2 Å². The molecule has 1 saturated carbocycles. The molecular weight excluding hydrogens is 186 g/mol. The van der Waals surface area contributed by atoms with Gasteiger partial charge in [-0.15, -0.1) is 0 Å². The number of benzene rings is 1. The summed E-state index contributed by atoms with van der Waals surface area (Å²) >= 11 is 0. The van der Waals surface area contributed by atoms with Crippen LogP contribution in [0.4, 0.5) is 5.69 Å².